The van der Waals surface area contributed by atoms with E-state index in [-0.39, 0.29) is 19.2 Å². The molecule has 0 radical (unpaired) electrons. The summed E-state index contributed by atoms with van der Waals surface area (Å²) in [4.78, 5) is 23.8. The third-order valence-electron chi connectivity index (χ3n) is 2.23. The van der Waals surface area contributed by atoms with E-state index in [0.717, 1.165) is 0 Å². The number of nitrogens with one attached hydrogen (secondary N) is 1. The fraction of sp³-hybridized carbons (Fsp3) is 0.800. The molecule has 6 nitrogen and oxygen atoms in total. The smallest absolute Gasteiger partial charge is 0.326 e. The number of aliphatic hydroxyl groups is 1. The summed E-state index contributed by atoms with van der Waals surface area (Å²) in [6.45, 7) is 5.34. The number of hydrogen-bond donors (Lipinski definition) is 3. The molecular formula is C10H20N2O4. The summed E-state index contributed by atoms with van der Waals surface area (Å²) in [5.74, 6) is -1.05. The fourth-order valence-corrected chi connectivity index (χ4v) is 1.27. The number of hydrogen-bond acceptors (Lipinski definition) is 3. The number of amides is 2. The molecule has 1 atom stereocenters. The minimum absolute atomic E-state index is 0.0848. The van der Waals surface area contributed by atoms with Crippen LogP contribution in [0.2, 0.25) is 0 Å². The van der Waals surface area contributed by atoms with E-state index in [4.69, 9.17) is 10.2 Å². The van der Waals surface area contributed by atoms with Crippen LogP contribution in [0.4, 0.5) is 4.79 Å². The van der Waals surface area contributed by atoms with Crippen LogP contribution in [0.5, 0.6) is 0 Å². The first-order valence-electron chi connectivity index (χ1n) is 5.34. The Labute approximate surface area is 95.2 Å². The maximum absolute atomic E-state index is 11.7. The molecule has 0 aliphatic rings. The second kappa shape index (κ2) is 7.05. The summed E-state index contributed by atoms with van der Waals surface area (Å²) in [6, 6.07) is -1.43. The van der Waals surface area contributed by atoms with E-state index in [0.29, 0.717) is 6.42 Å². The molecule has 0 rings (SSSR count). The van der Waals surface area contributed by atoms with Gasteiger partial charge in [0.05, 0.1) is 6.61 Å². The standard InChI is InChI=1S/C10H20N2O4/c1-4-8(9(14)15)11-10(16)12(5-6-13)7(2)3/h7-8,13H,4-6H2,1-3H3,(H,11,16)(H,14,15). The van der Waals surface area contributed by atoms with Crippen molar-refractivity contribution in [3.05, 3.63) is 0 Å². The molecule has 0 aliphatic heterocycles. The molecule has 0 spiro atoms. The number of aliphatic carboxylic acids is 1. The molecule has 0 aromatic carbocycles. The molecule has 1 unspecified atom stereocenters. The van der Waals surface area contributed by atoms with E-state index < -0.39 is 18.0 Å². The van der Waals surface area contributed by atoms with Crippen molar-refractivity contribution in [2.24, 2.45) is 0 Å². The highest BCUT2D eigenvalue weighted by Gasteiger charge is 2.22. The lowest BCUT2D eigenvalue weighted by molar-refractivity contribution is -0.139. The Bertz CT molecular complexity index is 243. The Morgan fingerprint density at radius 3 is 2.25 bits per heavy atom. The predicted molar refractivity (Wildman–Crippen MR) is 59.2 cm³/mol. The summed E-state index contributed by atoms with van der Waals surface area (Å²) in [5.41, 5.74) is 0. The summed E-state index contributed by atoms with van der Waals surface area (Å²) in [5, 5.41) is 20.0. The molecule has 0 aromatic heterocycles. The van der Waals surface area contributed by atoms with E-state index in [1.807, 2.05) is 0 Å². The third-order valence-corrected chi connectivity index (χ3v) is 2.23. The maximum Gasteiger partial charge on any atom is 0.326 e. The lowest BCUT2D eigenvalue weighted by Crippen LogP contribution is -2.50. The Balaban J connectivity index is 4.44. The summed E-state index contributed by atoms with van der Waals surface area (Å²) >= 11 is 0. The molecule has 2 amide bonds. The highest BCUT2D eigenvalue weighted by Crippen LogP contribution is 2.00. The van der Waals surface area contributed by atoms with Gasteiger partial charge >= 0.3 is 12.0 Å². The van der Waals surface area contributed by atoms with Gasteiger partial charge in [-0.15, -0.1) is 0 Å². The van der Waals surface area contributed by atoms with Gasteiger partial charge in [0.2, 0.25) is 0 Å². The van der Waals surface area contributed by atoms with Crippen LogP contribution in [0, 0.1) is 0 Å². The SMILES string of the molecule is CCC(NC(=O)N(CCO)C(C)C)C(=O)O. The first-order valence-corrected chi connectivity index (χ1v) is 5.34. The van der Waals surface area contributed by atoms with E-state index in [2.05, 4.69) is 5.32 Å². The van der Waals surface area contributed by atoms with Gasteiger partial charge in [-0.2, -0.15) is 0 Å². The van der Waals surface area contributed by atoms with Gasteiger partial charge in [0, 0.05) is 12.6 Å². The molecule has 0 aromatic rings. The molecule has 0 bridgehead atoms. The van der Waals surface area contributed by atoms with Crippen molar-refractivity contribution >= 4 is 12.0 Å². The van der Waals surface area contributed by atoms with Crippen molar-refractivity contribution < 1.29 is 19.8 Å². The van der Waals surface area contributed by atoms with Gasteiger partial charge in [-0.1, -0.05) is 6.92 Å². The van der Waals surface area contributed by atoms with Crippen LogP contribution in [0.25, 0.3) is 0 Å². The van der Waals surface area contributed by atoms with Gasteiger partial charge in [-0.05, 0) is 20.3 Å². The van der Waals surface area contributed by atoms with Gasteiger partial charge in [0.25, 0.3) is 0 Å². The highest BCUT2D eigenvalue weighted by atomic mass is 16.4. The zero-order valence-electron chi connectivity index (χ0n) is 9.93. The Hall–Kier alpha value is -1.30. The van der Waals surface area contributed by atoms with Crippen LogP contribution in [0.15, 0.2) is 0 Å². The van der Waals surface area contributed by atoms with Crippen molar-refractivity contribution in [3.63, 3.8) is 0 Å². The van der Waals surface area contributed by atoms with Gasteiger partial charge in [-0.3, -0.25) is 0 Å². The highest BCUT2D eigenvalue weighted by molar-refractivity contribution is 5.82. The van der Waals surface area contributed by atoms with Crippen molar-refractivity contribution in [1.29, 1.82) is 0 Å². The van der Waals surface area contributed by atoms with Crippen molar-refractivity contribution in [2.75, 3.05) is 13.2 Å². The van der Waals surface area contributed by atoms with E-state index in [1.165, 1.54) is 4.90 Å². The summed E-state index contributed by atoms with van der Waals surface area (Å²) in [6.07, 6.45) is 0.326. The summed E-state index contributed by atoms with van der Waals surface area (Å²) < 4.78 is 0. The lowest BCUT2D eigenvalue weighted by Gasteiger charge is -2.27. The quantitative estimate of drug-likeness (QED) is 0.613. The number of rotatable bonds is 6. The maximum atomic E-state index is 11.7. The first kappa shape index (κ1) is 14.7. The van der Waals surface area contributed by atoms with Gasteiger partial charge < -0.3 is 20.4 Å². The average molecular weight is 232 g/mol. The van der Waals surface area contributed by atoms with Crippen molar-refractivity contribution in [3.8, 4) is 0 Å². The predicted octanol–water partition coefficient (Wildman–Crippen LogP) is 0.262. The molecule has 0 aliphatic carbocycles. The second-order valence-electron chi connectivity index (χ2n) is 3.76. The molecule has 3 N–H and O–H groups in total. The molecule has 6 heteroatoms. The third kappa shape index (κ3) is 4.48. The zero-order chi connectivity index (χ0) is 12.7. The normalized spacial score (nSPS) is 12.3. The Kier molecular flexibility index (Phi) is 6.48. The first-order chi connectivity index (χ1) is 7.43. The van der Waals surface area contributed by atoms with Crippen LogP contribution in [0.1, 0.15) is 27.2 Å². The van der Waals surface area contributed by atoms with E-state index in [1.54, 1.807) is 20.8 Å². The number of nitrogens with zero attached hydrogens (tertiary/aromatic N) is 1. The zero-order valence-corrected chi connectivity index (χ0v) is 9.93. The van der Waals surface area contributed by atoms with Crippen molar-refractivity contribution in [1.82, 2.24) is 10.2 Å². The molecular weight excluding hydrogens is 212 g/mol. The summed E-state index contributed by atoms with van der Waals surface area (Å²) in [7, 11) is 0. The van der Waals surface area contributed by atoms with E-state index >= 15 is 0 Å². The van der Waals surface area contributed by atoms with Crippen LogP contribution in [-0.4, -0.2) is 52.3 Å². The molecule has 0 fully saturated rings. The number of carbonyl (C=O) groups is 2. The molecule has 94 valence electrons. The Morgan fingerprint density at radius 1 is 1.38 bits per heavy atom. The number of carboxylic acid groups (broad SMARTS) is 1. The molecule has 0 saturated carbocycles. The fourth-order valence-electron chi connectivity index (χ4n) is 1.27. The number of carbonyl (C=O) groups excluding carboxylic acids is 1. The minimum Gasteiger partial charge on any atom is -0.480 e. The van der Waals surface area contributed by atoms with Crippen LogP contribution < -0.4 is 5.32 Å². The van der Waals surface area contributed by atoms with E-state index in [9.17, 15) is 9.59 Å². The molecule has 0 saturated heterocycles. The number of aliphatic hydroxyl groups excluding tert-OH is 1. The van der Waals surface area contributed by atoms with Crippen LogP contribution >= 0.6 is 0 Å². The monoisotopic (exact) mass is 232 g/mol. The van der Waals surface area contributed by atoms with Crippen LogP contribution in [0.3, 0.4) is 0 Å². The minimum atomic E-state index is -1.05. The lowest BCUT2D eigenvalue weighted by atomic mass is 10.2. The largest absolute Gasteiger partial charge is 0.480 e. The van der Waals surface area contributed by atoms with Crippen LogP contribution in [-0.2, 0) is 4.79 Å². The Morgan fingerprint density at radius 2 is 1.94 bits per heavy atom. The molecule has 0 heterocycles. The number of urea groups is 1. The van der Waals surface area contributed by atoms with Crippen molar-refractivity contribution in [2.45, 2.75) is 39.3 Å². The average Bonchev–Trinajstić information content (AvgIpc) is 2.21. The van der Waals surface area contributed by atoms with Gasteiger partial charge in [-0.25, -0.2) is 9.59 Å². The van der Waals surface area contributed by atoms with Gasteiger partial charge in [0.1, 0.15) is 6.04 Å². The topological polar surface area (TPSA) is 89.9 Å². The molecule has 16 heavy (non-hydrogen) atoms. The number of carboxylic acids is 1. The second-order valence-corrected chi connectivity index (χ2v) is 3.76. The van der Waals surface area contributed by atoms with Gasteiger partial charge in [0.15, 0.2) is 0 Å².